The van der Waals surface area contributed by atoms with Crippen LogP contribution in [0.25, 0.3) is 10.2 Å². The zero-order valence-corrected chi connectivity index (χ0v) is 10.7. The molecule has 0 atom stereocenters. The summed E-state index contributed by atoms with van der Waals surface area (Å²) in [6.45, 7) is 0.716. The van der Waals surface area contributed by atoms with Crippen LogP contribution in [-0.4, -0.2) is 12.1 Å². The molecule has 3 aromatic rings. The third kappa shape index (κ3) is 2.17. The van der Waals surface area contributed by atoms with Crippen LogP contribution in [0.4, 0.5) is 5.13 Å². The number of rotatable bonds is 4. The van der Waals surface area contributed by atoms with E-state index in [-0.39, 0.29) is 0 Å². The smallest absolute Gasteiger partial charge is 0.184 e. The lowest BCUT2D eigenvalue weighted by Gasteiger charge is -1.97. The van der Waals surface area contributed by atoms with Crippen molar-refractivity contribution in [1.29, 1.82) is 0 Å². The van der Waals surface area contributed by atoms with Crippen LogP contribution < -0.4 is 10.1 Å². The maximum Gasteiger partial charge on any atom is 0.184 e. The van der Waals surface area contributed by atoms with Gasteiger partial charge >= 0.3 is 0 Å². The lowest BCUT2D eigenvalue weighted by molar-refractivity contribution is 0.415. The van der Waals surface area contributed by atoms with Crippen molar-refractivity contribution >= 4 is 26.7 Å². The van der Waals surface area contributed by atoms with Gasteiger partial charge in [-0.3, -0.25) is 0 Å². The highest BCUT2D eigenvalue weighted by Crippen LogP contribution is 2.29. The highest BCUT2D eigenvalue weighted by atomic mass is 32.1. The van der Waals surface area contributed by atoms with Gasteiger partial charge in [-0.15, -0.1) is 0 Å². The predicted molar refractivity (Wildman–Crippen MR) is 72.2 cm³/mol. The number of anilines is 1. The van der Waals surface area contributed by atoms with Crippen molar-refractivity contribution in [2.24, 2.45) is 0 Å². The molecule has 0 aliphatic carbocycles. The Morgan fingerprint density at radius 3 is 3.11 bits per heavy atom. The quantitative estimate of drug-likeness (QED) is 0.779. The Hall–Kier alpha value is -2.01. The Morgan fingerprint density at radius 1 is 1.39 bits per heavy atom. The summed E-state index contributed by atoms with van der Waals surface area (Å²) >= 11 is 1.62. The van der Waals surface area contributed by atoms with Gasteiger partial charge in [0.05, 0.1) is 29.9 Å². The monoisotopic (exact) mass is 260 g/mol. The number of nitrogens with zero attached hydrogens (tertiary/aromatic N) is 1. The Morgan fingerprint density at radius 2 is 2.33 bits per heavy atom. The van der Waals surface area contributed by atoms with E-state index < -0.39 is 0 Å². The fraction of sp³-hybridized carbons (Fsp3) is 0.154. The van der Waals surface area contributed by atoms with Gasteiger partial charge in [-0.1, -0.05) is 11.3 Å². The van der Waals surface area contributed by atoms with Crippen LogP contribution in [0, 0.1) is 0 Å². The molecular formula is C13H12N2O2S. The third-order valence-corrected chi connectivity index (χ3v) is 3.60. The van der Waals surface area contributed by atoms with E-state index in [9.17, 15) is 0 Å². The zero-order chi connectivity index (χ0) is 12.4. The molecule has 4 nitrogen and oxygen atoms in total. The molecule has 2 heterocycles. The highest BCUT2D eigenvalue weighted by molar-refractivity contribution is 7.22. The number of methoxy groups -OCH3 is 1. The van der Waals surface area contributed by atoms with Gasteiger partial charge in [0.25, 0.3) is 0 Å². The van der Waals surface area contributed by atoms with Crippen molar-refractivity contribution in [3.05, 3.63) is 42.4 Å². The molecule has 3 rings (SSSR count). The Balaban J connectivity index is 1.80. The molecule has 0 radical (unpaired) electrons. The average molecular weight is 260 g/mol. The van der Waals surface area contributed by atoms with Crippen LogP contribution in [0.5, 0.6) is 5.75 Å². The van der Waals surface area contributed by atoms with Gasteiger partial charge in [0.2, 0.25) is 0 Å². The van der Waals surface area contributed by atoms with E-state index in [0.717, 1.165) is 26.7 Å². The van der Waals surface area contributed by atoms with Crippen LogP contribution in [0.15, 0.2) is 41.2 Å². The standard InChI is InChI=1S/C13H12N2O2S/c1-16-10-2-3-11-12(6-10)18-13(15-11)14-7-9-4-5-17-8-9/h2-6,8H,7H2,1H3,(H,14,15). The molecule has 0 unspecified atom stereocenters. The summed E-state index contributed by atoms with van der Waals surface area (Å²) in [6, 6.07) is 7.81. The van der Waals surface area contributed by atoms with Crippen LogP contribution in [-0.2, 0) is 6.54 Å². The number of thiazole rings is 1. The topological polar surface area (TPSA) is 47.3 Å². The number of ether oxygens (including phenoxy) is 1. The Bertz CT molecular complexity index is 646. The normalized spacial score (nSPS) is 10.7. The van der Waals surface area contributed by atoms with Crippen molar-refractivity contribution in [2.75, 3.05) is 12.4 Å². The molecule has 0 saturated carbocycles. The maximum absolute atomic E-state index is 5.20. The number of hydrogen-bond donors (Lipinski definition) is 1. The minimum atomic E-state index is 0.716. The van der Waals surface area contributed by atoms with Crippen molar-refractivity contribution < 1.29 is 9.15 Å². The third-order valence-electron chi connectivity index (χ3n) is 2.62. The first-order valence-corrected chi connectivity index (χ1v) is 6.36. The van der Waals surface area contributed by atoms with Gasteiger partial charge in [0.1, 0.15) is 5.75 Å². The number of benzene rings is 1. The molecule has 1 aromatic carbocycles. The molecule has 1 N–H and O–H groups in total. The summed E-state index contributed by atoms with van der Waals surface area (Å²) in [5.41, 5.74) is 2.09. The lowest BCUT2D eigenvalue weighted by atomic mass is 10.3. The molecule has 0 amide bonds. The number of nitrogens with one attached hydrogen (secondary N) is 1. The Labute approximate surface area is 108 Å². The summed E-state index contributed by atoms with van der Waals surface area (Å²) in [5.74, 6) is 0.854. The molecule has 0 saturated heterocycles. The first kappa shape index (κ1) is 11.1. The van der Waals surface area contributed by atoms with Crippen LogP contribution in [0.2, 0.25) is 0 Å². The zero-order valence-electron chi connectivity index (χ0n) is 9.84. The first-order chi connectivity index (χ1) is 8.85. The molecule has 2 aromatic heterocycles. The molecule has 0 aliphatic rings. The van der Waals surface area contributed by atoms with E-state index in [1.165, 1.54) is 0 Å². The molecule has 0 spiro atoms. The SMILES string of the molecule is COc1ccc2nc(NCc3ccoc3)sc2c1. The van der Waals surface area contributed by atoms with Gasteiger partial charge in [0.15, 0.2) is 5.13 Å². The molecule has 92 valence electrons. The Kier molecular flexibility index (Phi) is 2.90. The van der Waals surface area contributed by atoms with Crippen LogP contribution in [0.1, 0.15) is 5.56 Å². The van der Waals surface area contributed by atoms with Crippen LogP contribution >= 0.6 is 11.3 Å². The molecule has 0 aliphatic heterocycles. The van der Waals surface area contributed by atoms with Gasteiger partial charge < -0.3 is 14.5 Å². The number of fused-ring (bicyclic) bond motifs is 1. The number of furan rings is 1. The summed E-state index contributed by atoms with van der Waals surface area (Å²) in [7, 11) is 1.67. The fourth-order valence-electron chi connectivity index (χ4n) is 1.68. The van der Waals surface area contributed by atoms with E-state index in [2.05, 4.69) is 10.3 Å². The van der Waals surface area contributed by atoms with E-state index in [1.54, 1.807) is 31.0 Å². The van der Waals surface area contributed by atoms with E-state index in [4.69, 9.17) is 9.15 Å². The predicted octanol–water partition coefficient (Wildman–Crippen LogP) is 3.51. The minimum absolute atomic E-state index is 0.716. The average Bonchev–Trinajstić information content (AvgIpc) is 3.04. The van der Waals surface area contributed by atoms with Crippen molar-refractivity contribution in [1.82, 2.24) is 4.98 Å². The van der Waals surface area contributed by atoms with E-state index in [1.807, 2.05) is 24.3 Å². The van der Waals surface area contributed by atoms with E-state index in [0.29, 0.717) is 6.54 Å². The van der Waals surface area contributed by atoms with Gasteiger partial charge in [-0.05, 0) is 24.3 Å². The second kappa shape index (κ2) is 4.70. The minimum Gasteiger partial charge on any atom is -0.497 e. The number of hydrogen-bond acceptors (Lipinski definition) is 5. The van der Waals surface area contributed by atoms with Gasteiger partial charge in [0, 0.05) is 12.1 Å². The van der Waals surface area contributed by atoms with Gasteiger partial charge in [-0.2, -0.15) is 0 Å². The maximum atomic E-state index is 5.20. The largest absolute Gasteiger partial charge is 0.497 e. The van der Waals surface area contributed by atoms with Crippen molar-refractivity contribution in [2.45, 2.75) is 6.54 Å². The second-order valence-corrected chi connectivity index (χ2v) is 4.87. The van der Waals surface area contributed by atoms with Crippen molar-refractivity contribution in [3.8, 4) is 5.75 Å². The fourth-order valence-corrected chi connectivity index (χ4v) is 2.57. The summed E-state index contributed by atoms with van der Waals surface area (Å²) in [5, 5.41) is 4.18. The summed E-state index contributed by atoms with van der Waals surface area (Å²) in [6.07, 6.45) is 3.39. The van der Waals surface area contributed by atoms with Crippen molar-refractivity contribution in [3.63, 3.8) is 0 Å². The number of aromatic nitrogens is 1. The first-order valence-electron chi connectivity index (χ1n) is 5.55. The molecule has 18 heavy (non-hydrogen) atoms. The highest BCUT2D eigenvalue weighted by Gasteiger charge is 2.05. The molecule has 0 fully saturated rings. The van der Waals surface area contributed by atoms with E-state index >= 15 is 0 Å². The molecular weight excluding hydrogens is 248 g/mol. The molecule has 0 bridgehead atoms. The lowest BCUT2D eigenvalue weighted by Crippen LogP contribution is -1.96. The molecule has 5 heteroatoms. The summed E-state index contributed by atoms with van der Waals surface area (Å²) in [4.78, 5) is 4.51. The summed E-state index contributed by atoms with van der Waals surface area (Å²) < 4.78 is 11.3. The van der Waals surface area contributed by atoms with Gasteiger partial charge in [-0.25, -0.2) is 4.98 Å². The van der Waals surface area contributed by atoms with Crippen LogP contribution in [0.3, 0.4) is 0 Å². The second-order valence-electron chi connectivity index (χ2n) is 3.84.